The smallest absolute Gasteiger partial charge is 0.346 e. The predicted octanol–water partition coefficient (Wildman–Crippen LogP) is 0.945. The average Bonchev–Trinajstić information content (AvgIpc) is 2.27. The number of nitrogens with zero attached hydrogens (tertiary/aromatic N) is 2. The van der Waals surface area contributed by atoms with E-state index in [4.69, 9.17) is 28.3 Å². The molecular formula is C6H2Cl2N2O3. The van der Waals surface area contributed by atoms with Crippen LogP contribution in [-0.2, 0) is 4.74 Å². The van der Waals surface area contributed by atoms with Crippen LogP contribution in [0.25, 0.3) is 0 Å². The van der Waals surface area contributed by atoms with Crippen LogP contribution in [0.4, 0.5) is 0 Å². The maximum absolute atomic E-state index is 11.0. The summed E-state index contributed by atoms with van der Waals surface area (Å²) in [6, 6.07) is 0. The van der Waals surface area contributed by atoms with E-state index in [1.165, 1.54) is 0 Å². The van der Waals surface area contributed by atoms with E-state index in [-0.39, 0.29) is 21.7 Å². The van der Waals surface area contributed by atoms with Crippen molar-refractivity contribution in [1.82, 2.24) is 9.97 Å². The summed E-state index contributed by atoms with van der Waals surface area (Å²) in [4.78, 5) is 18.2. The van der Waals surface area contributed by atoms with Crippen molar-refractivity contribution < 1.29 is 14.6 Å². The first-order chi connectivity index (χ1) is 6.09. The second-order valence-electron chi connectivity index (χ2n) is 2.30. The molecule has 1 atom stereocenters. The molecule has 68 valence electrons. The average molecular weight is 221 g/mol. The zero-order valence-corrected chi connectivity index (χ0v) is 7.50. The number of hydrogen-bond acceptors (Lipinski definition) is 5. The van der Waals surface area contributed by atoms with Gasteiger partial charge in [-0.25, -0.2) is 14.8 Å². The van der Waals surface area contributed by atoms with Crippen molar-refractivity contribution in [2.75, 3.05) is 0 Å². The molecule has 1 N–H and O–H groups in total. The highest BCUT2D eigenvalue weighted by Crippen LogP contribution is 2.31. The Morgan fingerprint density at radius 2 is 2.08 bits per heavy atom. The molecule has 1 aromatic rings. The third-order valence-corrected chi connectivity index (χ3v) is 1.96. The Morgan fingerprint density at radius 3 is 2.77 bits per heavy atom. The molecule has 0 aliphatic carbocycles. The summed E-state index contributed by atoms with van der Waals surface area (Å²) in [7, 11) is 0. The molecule has 0 spiro atoms. The van der Waals surface area contributed by atoms with Gasteiger partial charge < -0.3 is 9.84 Å². The molecule has 0 aromatic carbocycles. The van der Waals surface area contributed by atoms with Crippen LogP contribution < -0.4 is 0 Å². The first-order valence-electron chi connectivity index (χ1n) is 3.21. The molecule has 13 heavy (non-hydrogen) atoms. The van der Waals surface area contributed by atoms with E-state index in [0.717, 1.165) is 0 Å². The number of esters is 1. The summed E-state index contributed by atoms with van der Waals surface area (Å²) in [5, 5.41) is 8.90. The second kappa shape index (κ2) is 2.80. The van der Waals surface area contributed by atoms with Gasteiger partial charge in [-0.1, -0.05) is 11.6 Å². The minimum atomic E-state index is -1.40. The molecule has 0 bridgehead atoms. The van der Waals surface area contributed by atoms with E-state index in [0.29, 0.717) is 0 Å². The molecule has 1 aromatic heterocycles. The van der Waals surface area contributed by atoms with Gasteiger partial charge >= 0.3 is 5.97 Å². The van der Waals surface area contributed by atoms with Crippen LogP contribution in [0.2, 0.25) is 10.4 Å². The van der Waals surface area contributed by atoms with E-state index in [9.17, 15) is 4.79 Å². The first kappa shape index (κ1) is 8.68. The molecule has 2 rings (SSSR count). The number of aromatic nitrogens is 2. The van der Waals surface area contributed by atoms with Crippen molar-refractivity contribution in [2.45, 2.75) is 6.29 Å². The summed E-state index contributed by atoms with van der Waals surface area (Å²) in [5.41, 5.74) is -0.0198. The van der Waals surface area contributed by atoms with Crippen LogP contribution in [0.15, 0.2) is 0 Å². The third kappa shape index (κ3) is 1.25. The van der Waals surface area contributed by atoms with Crippen molar-refractivity contribution in [1.29, 1.82) is 0 Å². The van der Waals surface area contributed by atoms with E-state index in [2.05, 4.69) is 14.7 Å². The van der Waals surface area contributed by atoms with E-state index in [1.807, 2.05) is 0 Å². The second-order valence-corrected chi connectivity index (χ2v) is 3.00. The number of aliphatic hydroxyl groups excluding tert-OH is 1. The minimum Gasteiger partial charge on any atom is -0.426 e. The van der Waals surface area contributed by atoms with Crippen molar-refractivity contribution in [3.63, 3.8) is 0 Å². The number of cyclic esters (lactones) is 1. The van der Waals surface area contributed by atoms with Gasteiger partial charge in [0.25, 0.3) is 0 Å². The first-order valence-corrected chi connectivity index (χ1v) is 3.97. The van der Waals surface area contributed by atoms with Crippen LogP contribution in [0.5, 0.6) is 0 Å². The summed E-state index contributed by atoms with van der Waals surface area (Å²) >= 11 is 11.0. The molecule has 0 amide bonds. The van der Waals surface area contributed by atoms with Gasteiger partial charge in [-0.05, 0) is 11.6 Å². The van der Waals surface area contributed by atoms with Crippen LogP contribution >= 0.6 is 23.2 Å². The van der Waals surface area contributed by atoms with Gasteiger partial charge in [0.1, 0.15) is 16.4 Å². The van der Waals surface area contributed by atoms with Crippen LogP contribution in [0.3, 0.4) is 0 Å². The third-order valence-electron chi connectivity index (χ3n) is 1.52. The molecule has 0 saturated heterocycles. The quantitative estimate of drug-likeness (QED) is 0.401. The highest BCUT2D eigenvalue weighted by atomic mass is 35.5. The Hall–Kier alpha value is -0.910. The lowest BCUT2D eigenvalue weighted by Gasteiger charge is -1.99. The Morgan fingerprint density at radius 1 is 1.38 bits per heavy atom. The lowest BCUT2D eigenvalue weighted by Crippen LogP contribution is -1.99. The minimum absolute atomic E-state index is 0.00926. The van der Waals surface area contributed by atoms with Crippen molar-refractivity contribution in [2.24, 2.45) is 0 Å². The fraction of sp³-hybridized carbons (Fsp3) is 0.167. The number of halogens is 2. The fourth-order valence-electron chi connectivity index (χ4n) is 1.01. The molecule has 1 aliphatic rings. The van der Waals surface area contributed by atoms with Gasteiger partial charge in [-0.15, -0.1) is 0 Å². The van der Waals surface area contributed by atoms with Crippen LogP contribution in [0.1, 0.15) is 22.3 Å². The number of aliphatic hydroxyl groups is 1. The van der Waals surface area contributed by atoms with Crippen molar-refractivity contribution in [3.8, 4) is 0 Å². The standard InChI is InChI=1S/C6H2Cl2N2O3/c7-3-1-2(9-6(8)10-3)5(12)13-4(1)11/h5,12H. The summed E-state index contributed by atoms with van der Waals surface area (Å²) in [5.74, 6) is -0.746. The van der Waals surface area contributed by atoms with Crippen molar-refractivity contribution in [3.05, 3.63) is 21.7 Å². The van der Waals surface area contributed by atoms with Gasteiger partial charge in [0, 0.05) is 0 Å². The summed E-state index contributed by atoms with van der Waals surface area (Å²) in [6.07, 6.45) is -1.40. The molecule has 2 heterocycles. The van der Waals surface area contributed by atoms with Gasteiger partial charge in [-0.2, -0.15) is 0 Å². The highest BCUT2D eigenvalue weighted by molar-refractivity contribution is 6.34. The summed E-state index contributed by atoms with van der Waals surface area (Å²) < 4.78 is 4.44. The SMILES string of the molecule is O=C1OC(O)c2nc(Cl)nc(Cl)c21. The lowest BCUT2D eigenvalue weighted by atomic mass is 10.2. The zero-order valence-electron chi connectivity index (χ0n) is 5.99. The number of rotatable bonds is 0. The normalized spacial score (nSPS) is 19.9. The van der Waals surface area contributed by atoms with Crippen molar-refractivity contribution >= 4 is 29.2 Å². The Kier molecular flexibility index (Phi) is 1.87. The van der Waals surface area contributed by atoms with E-state index in [1.54, 1.807) is 0 Å². The molecule has 0 saturated carbocycles. The molecular weight excluding hydrogens is 219 g/mol. The number of carbonyl (C=O) groups is 1. The van der Waals surface area contributed by atoms with Gasteiger partial charge in [0.2, 0.25) is 11.6 Å². The number of carbonyl (C=O) groups excluding carboxylic acids is 1. The molecule has 7 heteroatoms. The van der Waals surface area contributed by atoms with Gasteiger partial charge in [-0.3, -0.25) is 0 Å². The molecule has 0 radical (unpaired) electrons. The van der Waals surface area contributed by atoms with Crippen LogP contribution in [0, 0.1) is 0 Å². The molecule has 0 fully saturated rings. The number of fused-ring (bicyclic) bond motifs is 1. The largest absolute Gasteiger partial charge is 0.426 e. The Balaban J connectivity index is 2.69. The van der Waals surface area contributed by atoms with E-state index < -0.39 is 12.3 Å². The monoisotopic (exact) mass is 220 g/mol. The summed E-state index contributed by atoms with van der Waals surface area (Å²) in [6.45, 7) is 0. The molecule has 1 aliphatic heterocycles. The van der Waals surface area contributed by atoms with Gasteiger partial charge in [0.15, 0.2) is 0 Å². The highest BCUT2D eigenvalue weighted by Gasteiger charge is 2.34. The fourth-order valence-corrected chi connectivity index (χ4v) is 1.48. The topological polar surface area (TPSA) is 72.3 Å². The lowest BCUT2D eigenvalue weighted by molar-refractivity contribution is -0.0568. The molecule has 5 nitrogen and oxygen atoms in total. The van der Waals surface area contributed by atoms with Crippen LogP contribution in [-0.4, -0.2) is 21.0 Å². The van der Waals surface area contributed by atoms with E-state index >= 15 is 0 Å². The Bertz CT molecular complexity index is 396. The maximum atomic E-state index is 11.0. The number of ether oxygens (including phenoxy) is 1. The van der Waals surface area contributed by atoms with Gasteiger partial charge in [0.05, 0.1) is 0 Å². The maximum Gasteiger partial charge on any atom is 0.346 e. The Labute approximate surface area is 82.3 Å². The molecule has 1 unspecified atom stereocenters. The number of hydrogen-bond donors (Lipinski definition) is 1. The predicted molar refractivity (Wildman–Crippen MR) is 42.4 cm³/mol. The zero-order chi connectivity index (χ0) is 9.59.